The first-order chi connectivity index (χ1) is 6.74. The highest BCUT2D eigenvalue weighted by molar-refractivity contribution is 7.80. The predicted molar refractivity (Wildman–Crippen MR) is 64.8 cm³/mol. The number of carbonyl (C=O) groups is 1. The van der Waals surface area contributed by atoms with E-state index < -0.39 is 0 Å². The van der Waals surface area contributed by atoms with Crippen LogP contribution in [0.1, 0.15) is 46.0 Å². The van der Waals surface area contributed by atoms with Crippen molar-refractivity contribution in [1.29, 1.82) is 0 Å². The van der Waals surface area contributed by atoms with Gasteiger partial charge >= 0.3 is 0 Å². The Bertz CT molecular complexity index is 150. The van der Waals surface area contributed by atoms with Crippen molar-refractivity contribution in [3.8, 4) is 0 Å². The molecule has 0 rings (SSSR count). The molecule has 1 N–H and O–H groups in total. The zero-order chi connectivity index (χ0) is 10.8. The maximum Gasteiger partial charge on any atom is 0.220 e. The molecule has 0 aliphatic rings. The van der Waals surface area contributed by atoms with Crippen molar-refractivity contribution in [2.75, 3.05) is 12.3 Å². The lowest BCUT2D eigenvalue weighted by Gasteiger charge is -2.14. The maximum atomic E-state index is 11.2. The monoisotopic (exact) mass is 217 g/mol. The minimum absolute atomic E-state index is 0.134. The molecule has 0 aromatic heterocycles. The molecular weight excluding hydrogens is 194 g/mol. The first-order valence-corrected chi connectivity index (χ1v) is 6.25. The summed E-state index contributed by atoms with van der Waals surface area (Å²) in [5.74, 6) is 1.42. The summed E-state index contributed by atoms with van der Waals surface area (Å²) < 4.78 is 0. The Morgan fingerprint density at radius 1 is 1.43 bits per heavy atom. The van der Waals surface area contributed by atoms with E-state index in [1.807, 2.05) is 0 Å². The van der Waals surface area contributed by atoms with Crippen LogP contribution in [0.3, 0.4) is 0 Å². The van der Waals surface area contributed by atoms with Crippen LogP contribution in [0.2, 0.25) is 0 Å². The number of unbranched alkanes of at least 4 members (excludes halogenated alkanes) is 1. The third-order valence-corrected chi connectivity index (χ3v) is 2.69. The molecule has 14 heavy (non-hydrogen) atoms. The molecule has 1 unspecified atom stereocenters. The highest BCUT2D eigenvalue weighted by Gasteiger charge is 2.07. The number of nitrogens with one attached hydrogen (secondary N) is 1. The molecule has 2 nitrogen and oxygen atoms in total. The van der Waals surface area contributed by atoms with Gasteiger partial charge in [0.15, 0.2) is 0 Å². The van der Waals surface area contributed by atoms with Gasteiger partial charge < -0.3 is 5.32 Å². The molecular formula is C11H23NOS. The third kappa shape index (κ3) is 7.25. The number of thiol groups is 1. The molecule has 0 fully saturated rings. The Kier molecular flexibility index (Phi) is 9.26. The van der Waals surface area contributed by atoms with E-state index in [2.05, 4.69) is 31.8 Å². The van der Waals surface area contributed by atoms with Crippen molar-refractivity contribution < 1.29 is 4.79 Å². The summed E-state index contributed by atoms with van der Waals surface area (Å²) >= 11 is 4.02. The fraction of sp³-hybridized carbons (Fsp3) is 0.909. The van der Waals surface area contributed by atoms with Crippen LogP contribution >= 0.6 is 12.6 Å². The van der Waals surface area contributed by atoms with Crippen LogP contribution in [0.4, 0.5) is 0 Å². The van der Waals surface area contributed by atoms with E-state index in [0.29, 0.717) is 18.1 Å². The van der Waals surface area contributed by atoms with Crippen LogP contribution in [-0.4, -0.2) is 18.2 Å². The zero-order valence-corrected chi connectivity index (χ0v) is 10.3. The highest BCUT2D eigenvalue weighted by Crippen LogP contribution is 2.11. The van der Waals surface area contributed by atoms with Gasteiger partial charge in [0, 0.05) is 13.0 Å². The van der Waals surface area contributed by atoms with Crippen molar-refractivity contribution >= 4 is 18.5 Å². The molecule has 0 aromatic carbocycles. The van der Waals surface area contributed by atoms with Gasteiger partial charge in [-0.1, -0.05) is 33.1 Å². The fourth-order valence-corrected chi connectivity index (χ4v) is 1.59. The molecule has 0 saturated heterocycles. The number of carbonyl (C=O) groups excluding carboxylic acids is 1. The third-order valence-electron chi connectivity index (χ3n) is 2.47. The molecule has 0 heterocycles. The molecule has 0 saturated carbocycles. The van der Waals surface area contributed by atoms with Crippen molar-refractivity contribution in [2.24, 2.45) is 5.92 Å². The summed E-state index contributed by atoms with van der Waals surface area (Å²) in [5, 5.41) is 2.96. The summed E-state index contributed by atoms with van der Waals surface area (Å²) in [7, 11) is 0. The molecule has 0 radical (unpaired) electrons. The Hall–Kier alpha value is -0.180. The lowest BCUT2D eigenvalue weighted by Crippen LogP contribution is -2.29. The lowest BCUT2D eigenvalue weighted by molar-refractivity contribution is -0.120. The van der Waals surface area contributed by atoms with Crippen molar-refractivity contribution in [3.63, 3.8) is 0 Å². The second-order valence-corrected chi connectivity index (χ2v) is 4.14. The number of amides is 1. The second-order valence-electron chi connectivity index (χ2n) is 3.69. The number of hydrogen-bond acceptors (Lipinski definition) is 2. The van der Waals surface area contributed by atoms with Gasteiger partial charge in [0.25, 0.3) is 0 Å². The van der Waals surface area contributed by atoms with Crippen LogP contribution in [0, 0.1) is 5.92 Å². The van der Waals surface area contributed by atoms with E-state index in [0.717, 1.165) is 13.0 Å². The summed E-state index contributed by atoms with van der Waals surface area (Å²) in [6.45, 7) is 5.22. The van der Waals surface area contributed by atoms with Crippen LogP contribution in [0.5, 0.6) is 0 Å². The standard InChI is InChI=1S/C11H23NOS/c1-3-5-6-10(4-2)9-12-11(13)7-8-14/h10,14H,3-9H2,1-2H3,(H,12,13). The molecule has 0 aromatic rings. The van der Waals surface area contributed by atoms with E-state index in [1.54, 1.807) is 0 Å². The largest absolute Gasteiger partial charge is 0.356 e. The van der Waals surface area contributed by atoms with Crippen molar-refractivity contribution in [2.45, 2.75) is 46.0 Å². The SMILES string of the molecule is CCCCC(CC)CNC(=O)CCS. The summed E-state index contributed by atoms with van der Waals surface area (Å²) in [4.78, 5) is 11.2. The lowest BCUT2D eigenvalue weighted by atomic mass is 9.99. The van der Waals surface area contributed by atoms with Gasteiger partial charge in [-0.05, 0) is 18.1 Å². The highest BCUT2D eigenvalue weighted by atomic mass is 32.1. The van der Waals surface area contributed by atoms with E-state index in [4.69, 9.17) is 0 Å². The predicted octanol–water partition coefficient (Wildman–Crippen LogP) is 2.64. The first-order valence-electron chi connectivity index (χ1n) is 5.62. The van der Waals surface area contributed by atoms with Gasteiger partial charge in [0.05, 0.1) is 0 Å². The molecule has 1 amide bonds. The molecule has 0 bridgehead atoms. The smallest absolute Gasteiger partial charge is 0.220 e. The van der Waals surface area contributed by atoms with E-state index in [1.165, 1.54) is 19.3 Å². The van der Waals surface area contributed by atoms with Gasteiger partial charge in [-0.25, -0.2) is 0 Å². The van der Waals surface area contributed by atoms with Crippen LogP contribution in [0.15, 0.2) is 0 Å². The zero-order valence-electron chi connectivity index (χ0n) is 9.38. The number of rotatable bonds is 8. The van der Waals surface area contributed by atoms with E-state index in [9.17, 15) is 4.79 Å². The minimum atomic E-state index is 0.134. The van der Waals surface area contributed by atoms with Crippen molar-refractivity contribution in [3.05, 3.63) is 0 Å². The Labute approximate surface area is 93.3 Å². The molecule has 0 aliphatic heterocycles. The van der Waals surface area contributed by atoms with Crippen LogP contribution in [0.25, 0.3) is 0 Å². The normalized spacial score (nSPS) is 12.5. The van der Waals surface area contributed by atoms with Gasteiger partial charge in [0.1, 0.15) is 0 Å². The van der Waals surface area contributed by atoms with Gasteiger partial charge in [-0.3, -0.25) is 4.79 Å². The Morgan fingerprint density at radius 2 is 2.14 bits per heavy atom. The fourth-order valence-electron chi connectivity index (χ4n) is 1.39. The Morgan fingerprint density at radius 3 is 2.64 bits per heavy atom. The number of hydrogen-bond donors (Lipinski definition) is 2. The summed E-state index contributed by atoms with van der Waals surface area (Å²) in [6.07, 6.45) is 5.42. The average molecular weight is 217 g/mol. The van der Waals surface area contributed by atoms with Gasteiger partial charge in [0.2, 0.25) is 5.91 Å². The first kappa shape index (κ1) is 13.8. The molecule has 84 valence electrons. The van der Waals surface area contributed by atoms with Gasteiger partial charge in [-0.15, -0.1) is 0 Å². The van der Waals surface area contributed by atoms with E-state index in [-0.39, 0.29) is 5.91 Å². The molecule has 0 aliphatic carbocycles. The molecule has 3 heteroatoms. The average Bonchev–Trinajstić information content (AvgIpc) is 2.19. The van der Waals surface area contributed by atoms with Crippen LogP contribution in [-0.2, 0) is 4.79 Å². The quantitative estimate of drug-likeness (QED) is 0.601. The van der Waals surface area contributed by atoms with Crippen LogP contribution < -0.4 is 5.32 Å². The van der Waals surface area contributed by atoms with Gasteiger partial charge in [-0.2, -0.15) is 12.6 Å². The van der Waals surface area contributed by atoms with E-state index >= 15 is 0 Å². The molecule has 1 atom stereocenters. The minimum Gasteiger partial charge on any atom is -0.356 e. The van der Waals surface area contributed by atoms with Crippen molar-refractivity contribution in [1.82, 2.24) is 5.32 Å². The molecule has 0 spiro atoms. The summed E-state index contributed by atoms with van der Waals surface area (Å²) in [6, 6.07) is 0. The Balaban J connectivity index is 3.55. The topological polar surface area (TPSA) is 29.1 Å². The maximum absolute atomic E-state index is 11.2. The summed E-state index contributed by atoms with van der Waals surface area (Å²) in [5.41, 5.74) is 0. The second kappa shape index (κ2) is 9.38.